The molecule has 0 aliphatic carbocycles. The topological polar surface area (TPSA) is 29.5 Å². The number of Topliss-reactive ketones (excluding diaryl/α,β-unsaturated/α-hetero) is 1. The molecule has 0 aromatic carbocycles. The Morgan fingerprint density at radius 2 is 2.42 bits per heavy atom. The number of hydrogen-bond acceptors (Lipinski definition) is 3. The third kappa shape index (κ3) is 1.39. The number of carbonyl (C=O) groups excluding carboxylic acids is 1. The monoisotopic (exact) mass is 169 g/mol. The van der Waals surface area contributed by atoms with Gasteiger partial charge in [-0.25, -0.2) is 0 Å². The van der Waals surface area contributed by atoms with E-state index in [0.717, 1.165) is 26.0 Å². The fraction of sp³-hybridized carbons (Fsp3) is 0.889. The second-order valence-electron chi connectivity index (χ2n) is 3.69. The summed E-state index contributed by atoms with van der Waals surface area (Å²) >= 11 is 0. The van der Waals surface area contributed by atoms with Gasteiger partial charge in [-0.05, 0) is 13.3 Å². The molecule has 0 N–H and O–H groups in total. The Bertz CT molecular complexity index is 193. The van der Waals surface area contributed by atoms with E-state index in [9.17, 15) is 4.79 Å². The van der Waals surface area contributed by atoms with Crippen LogP contribution >= 0.6 is 0 Å². The fourth-order valence-corrected chi connectivity index (χ4v) is 2.14. The maximum absolute atomic E-state index is 11.0. The van der Waals surface area contributed by atoms with Crippen molar-refractivity contribution in [1.29, 1.82) is 0 Å². The second kappa shape index (κ2) is 3.15. The van der Waals surface area contributed by atoms with Gasteiger partial charge in [-0.2, -0.15) is 0 Å². The van der Waals surface area contributed by atoms with Crippen LogP contribution in [0.25, 0.3) is 0 Å². The van der Waals surface area contributed by atoms with Crippen LogP contribution in [0.1, 0.15) is 19.8 Å². The number of rotatable bonds is 1. The molecule has 0 aromatic heterocycles. The number of likely N-dealkylation sites (tertiary alicyclic amines) is 1. The highest BCUT2D eigenvalue weighted by molar-refractivity contribution is 5.82. The Labute approximate surface area is 72.7 Å². The zero-order valence-electron chi connectivity index (χ0n) is 7.45. The highest BCUT2D eigenvalue weighted by Gasteiger charge is 2.33. The fourth-order valence-electron chi connectivity index (χ4n) is 2.14. The van der Waals surface area contributed by atoms with Gasteiger partial charge in [0, 0.05) is 25.6 Å². The average molecular weight is 169 g/mol. The van der Waals surface area contributed by atoms with Crippen molar-refractivity contribution in [3.05, 3.63) is 0 Å². The molecule has 0 radical (unpaired) electrons. The van der Waals surface area contributed by atoms with Gasteiger partial charge in [0.1, 0.15) is 5.78 Å². The van der Waals surface area contributed by atoms with Crippen LogP contribution < -0.4 is 0 Å². The molecule has 68 valence electrons. The first-order valence-electron chi connectivity index (χ1n) is 4.65. The number of ether oxygens (including phenoxy) is 1. The minimum Gasteiger partial charge on any atom is -0.377 e. The van der Waals surface area contributed by atoms with Crippen LogP contribution in [0, 0.1) is 0 Å². The molecule has 2 unspecified atom stereocenters. The normalized spacial score (nSPS) is 37.9. The number of ketones is 1. The molecule has 2 rings (SSSR count). The van der Waals surface area contributed by atoms with E-state index in [1.807, 2.05) is 0 Å². The molecule has 2 fully saturated rings. The van der Waals surface area contributed by atoms with Crippen molar-refractivity contribution in [2.24, 2.45) is 0 Å². The molecule has 2 saturated heterocycles. The minimum atomic E-state index is 0.316. The Balaban J connectivity index is 1.95. The van der Waals surface area contributed by atoms with Crippen molar-refractivity contribution in [1.82, 2.24) is 4.90 Å². The maximum Gasteiger partial charge on any atom is 0.148 e. The molecule has 2 heterocycles. The summed E-state index contributed by atoms with van der Waals surface area (Å²) in [6, 6.07) is 0.497. The molecule has 3 heteroatoms. The summed E-state index contributed by atoms with van der Waals surface area (Å²) in [5, 5.41) is 0. The Morgan fingerprint density at radius 3 is 2.92 bits per heavy atom. The zero-order valence-corrected chi connectivity index (χ0v) is 7.45. The summed E-state index contributed by atoms with van der Waals surface area (Å²) in [7, 11) is 0. The van der Waals surface area contributed by atoms with E-state index in [4.69, 9.17) is 4.74 Å². The van der Waals surface area contributed by atoms with Crippen molar-refractivity contribution in [2.45, 2.75) is 31.9 Å². The lowest BCUT2D eigenvalue weighted by Gasteiger charge is -2.24. The van der Waals surface area contributed by atoms with Crippen molar-refractivity contribution in [3.8, 4) is 0 Å². The quantitative estimate of drug-likeness (QED) is 0.570. The van der Waals surface area contributed by atoms with Gasteiger partial charge in [-0.3, -0.25) is 9.69 Å². The van der Waals surface area contributed by atoms with E-state index < -0.39 is 0 Å². The molecule has 0 spiro atoms. The van der Waals surface area contributed by atoms with E-state index >= 15 is 0 Å². The van der Waals surface area contributed by atoms with E-state index in [0.29, 0.717) is 24.5 Å². The van der Waals surface area contributed by atoms with Crippen LogP contribution in [0.2, 0.25) is 0 Å². The Hall–Kier alpha value is -0.410. The van der Waals surface area contributed by atoms with Crippen molar-refractivity contribution < 1.29 is 9.53 Å². The number of hydrogen-bond donors (Lipinski definition) is 0. The van der Waals surface area contributed by atoms with Gasteiger partial charge in [0.05, 0.1) is 12.6 Å². The SMILES string of the molecule is CC1OCCC1N1CCC(=O)C1. The van der Waals surface area contributed by atoms with Crippen LogP contribution in [0.5, 0.6) is 0 Å². The first-order valence-corrected chi connectivity index (χ1v) is 4.65. The van der Waals surface area contributed by atoms with Crippen LogP contribution in [0.15, 0.2) is 0 Å². The summed E-state index contributed by atoms with van der Waals surface area (Å²) in [4.78, 5) is 13.3. The van der Waals surface area contributed by atoms with Gasteiger partial charge in [0.15, 0.2) is 0 Å². The number of carbonyl (C=O) groups is 1. The largest absolute Gasteiger partial charge is 0.377 e. The summed E-state index contributed by atoms with van der Waals surface area (Å²) < 4.78 is 5.46. The van der Waals surface area contributed by atoms with Crippen molar-refractivity contribution in [2.75, 3.05) is 19.7 Å². The second-order valence-corrected chi connectivity index (χ2v) is 3.69. The summed E-state index contributed by atoms with van der Waals surface area (Å²) in [6.07, 6.45) is 2.15. The maximum atomic E-state index is 11.0. The molecular formula is C9H15NO2. The summed E-state index contributed by atoms with van der Waals surface area (Å²) in [5.41, 5.74) is 0. The predicted octanol–water partition coefficient (Wildman–Crippen LogP) is 0.439. The van der Waals surface area contributed by atoms with Crippen LogP contribution in [0.4, 0.5) is 0 Å². The van der Waals surface area contributed by atoms with Crippen LogP contribution in [0.3, 0.4) is 0 Å². The van der Waals surface area contributed by atoms with Crippen LogP contribution in [-0.4, -0.2) is 42.5 Å². The molecule has 12 heavy (non-hydrogen) atoms. The first kappa shape index (κ1) is 8.20. The number of nitrogens with zero attached hydrogens (tertiary/aromatic N) is 1. The molecule has 0 amide bonds. The van der Waals surface area contributed by atoms with E-state index in [1.54, 1.807) is 0 Å². The van der Waals surface area contributed by atoms with E-state index in [1.165, 1.54) is 0 Å². The minimum absolute atomic E-state index is 0.316. The van der Waals surface area contributed by atoms with Crippen molar-refractivity contribution in [3.63, 3.8) is 0 Å². The zero-order chi connectivity index (χ0) is 8.55. The van der Waals surface area contributed by atoms with E-state index in [2.05, 4.69) is 11.8 Å². The average Bonchev–Trinajstić information content (AvgIpc) is 2.58. The molecule has 0 bridgehead atoms. The molecule has 0 aromatic rings. The van der Waals surface area contributed by atoms with Gasteiger partial charge in [0.25, 0.3) is 0 Å². The lowest BCUT2D eigenvalue weighted by atomic mass is 10.1. The van der Waals surface area contributed by atoms with Crippen molar-refractivity contribution >= 4 is 5.78 Å². The summed E-state index contributed by atoms with van der Waals surface area (Å²) in [5.74, 6) is 0.383. The van der Waals surface area contributed by atoms with Gasteiger partial charge in [-0.15, -0.1) is 0 Å². The van der Waals surface area contributed by atoms with E-state index in [-0.39, 0.29) is 0 Å². The molecule has 0 saturated carbocycles. The van der Waals surface area contributed by atoms with Gasteiger partial charge in [-0.1, -0.05) is 0 Å². The highest BCUT2D eigenvalue weighted by Crippen LogP contribution is 2.21. The highest BCUT2D eigenvalue weighted by atomic mass is 16.5. The molecule has 2 aliphatic heterocycles. The van der Waals surface area contributed by atoms with Gasteiger partial charge in [0.2, 0.25) is 0 Å². The first-order chi connectivity index (χ1) is 5.77. The smallest absolute Gasteiger partial charge is 0.148 e. The molecule has 2 atom stereocenters. The molecule has 3 nitrogen and oxygen atoms in total. The van der Waals surface area contributed by atoms with Gasteiger partial charge < -0.3 is 4.74 Å². The van der Waals surface area contributed by atoms with Crippen LogP contribution in [-0.2, 0) is 9.53 Å². The third-order valence-electron chi connectivity index (χ3n) is 2.86. The Morgan fingerprint density at radius 1 is 1.58 bits per heavy atom. The predicted molar refractivity (Wildman–Crippen MR) is 45.0 cm³/mol. The molecular weight excluding hydrogens is 154 g/mol. The Kier molecular flexibility index (Phi) is 2.15. The standard InChI is InChI=1S/C9H15NO2/c1-7-9(3-5-12-7)10-4-2-8(11)6-10/h7,9H,2-6H2,1H3. The lowest BCUT2D eigenvalue weighted by Crippen LogP contribution is -2.38. The summed E-state index contributed by atoms with van der Waals surface area (Å²) in [6.45, 7) is 4.55. The molecule has 2 aliphatic rings. The lowest BCUT2D eigenvalue weighted by molar-refractivity contribution is -0.117. The van der Waals surface area contributed by atoms with Gasteiger partial charge >= 0.3 is 0 Å². The third-order valence-corrected chi connectivity index (χ3v) is 2.86.